The van der Waals surface area contributed by atoms with Crippen molar-refractivity contribution in [3.05, 3.63) is 216 Å². The highest BCUT2D eigenvalue weighted by atomic mass is 15.1. The fraction of sp³-hybridized carbons (Fsp3) is 0.0526. The number of hydrogen-bond donors (Lipinski definition) is 0. The highest BCUT2D eigenvalue weighted by Gasteiger charge is 2.39. The number of rotatable bonds is 6. The van der Waals surface area contributed by atoms with Crippen LogP contribution >= 0.6 is 0 Å². The average Bonchev–Trinajstić information content (AvgIpc) is 3.55. The maximum Gasteiger partial charge on any atom is 0.0991 e. The molecule has 0 saturated carbocycles. The summed E-state index contributed by atoms with van der Waals surface area (Å²) in [6.07, 6.45) is 0. The van der Waals surface area contributed by atoms with Crippen LogP contribution in [-0.4, -0.2) is 0 Å². The van der Waals surface area contributed by atoms with Gasteiger partial charge in [0.25, 0.3) is 0 Å². The lowest BCUT2D eigenvalue weighted by atomic mass is 9.79. The van der Waals surface area contributed by atoms with Gasteiger partial charge in [0.15, 0.2) is 0 Å². The third-order valence-corrected chi connectivity index (χ3v) is 12.6. The predicted molar refractivity (Wildman–Crippen MR) is 253 cm³/mol. The van der Waals surface area contributed by atoms with Gasteiger partial charge in [-0.05, 0) is 151 Å². The van der Waals surface area contributed by atoms with Crippen molar-refractivity contribution >= 4 is 77.2 Å². The topological polar surface area (TPSA) is 54.1 Å². The van der Waals surface area contributed by atoms with E-state index in [1.807, 2.05) is 36.4 Å². The molecule has 0 bridgehead atoms. The van der Waals surface area contributed by atoms with Gasteiger partial charge in [-0.3, -0.25) is 0 Å². The molecule has 0 aliphatic heterocycles. The molecule has 0 spiro atoms. The molecule has 286 valence electrons. The van der Waals surface area contributed by atoms with E-state index in [-0.39, 0.29) is 5.41 Å². The Morgan fingerprint density at radius 1 is 0.393 bits per heavy atom. The van der Waals surface area contributed by atoms with Crippen LogP contribution in [0.25, 0.3) is 54.2 Å². The van der Waals surface area contributed by atoms with Gasteiger partial charge in [-0.1, -0.05) is 117 Å². The van der Waals surface area contributed by atoms with E-state index in [1.54, 1.807) is 0 Å². The third-order valence-electron chi connectivity index (χ3n) is 12.6. The van der Waals surface area contributed by atoms with Crippen molar-refractivity contribution in [2.45, 2.75) is 19.3 Å². The van der Waals surface area contributed by atoms with Crippen LogP contribution in [0.1, 0.15) is 36.1 Å². The number of nitrogens with zero attached hydrogens (tertiary/aromatic N) is 4. The van der Waals surface area contributed by atoms with Crippen molar-refractivity contribution in [2.24, 2.45) is 0 Å². The summed E-state index contributed by atoms with van der Waals surface area (Å²) >= 11 is 0. The smallest absolute Gasteiger partial charge is 0.0991 e. The minimum Gasteiger partial charge on any atom is -0.310 e. The summed E-state index contributed by atoms with van der Waals surface area (Å²) in [5, 5.41) is 28.8. The maximum absolute atomic E-state index is 9.71. The highest BCUT2D eigenvalue weighted by molar-refractivity contribution is 6.12. The molecule has 0 unspecified atom stereocenters. The second kappa shape index (κ2) is 14.0. The number of hydrogen-bond acceptors (Lipinski definition) is 4. The molecule has 0 amide bonds. The van der Waals surface area contributed by atoms with Crippen molar-refractivity contribution in [1.29, 1.82) is 10.5 Å². The minimum absolute atomic E-state index is 0.338. The fourth-order valence-electron chi connectivity index (χ4n) is 9.67. The van der Waals surface area contributed by atoms with Crippen LogP contribution in [0.2, 0.25) is 0 Å². The first-order valence-electron chi connectivity index (χ1n) is 20.6. The van der Waals surface area contributed by atoms with Crippen LogP contribution in [0, 0.1) is 22.7 Å². The average molecular weight is 779 g/mol. The van der Waals surface area contributed by atoms with Gasteiger partial charge in [0.1, 0.15) is 0 Å². The molecule has 11 rings (SSSR count). The van der Waals surface area contributed by atoms with Gasteiger partial charge in [0.2, 0.25) is 0 Å². The van der Waals surface area contributed by atoms with Gasteiger partial charge >= 0.3 is 0 Å². The molecule has 0 fully saturated rings. The quantitative estimate of drug-likeness (QED) is 0.169. The molecule has 0 radical (unpaired) electrons. The summed E-state index contributed by atoms with van der Waals surface area (Å²) in [5.74, 6) is 0. The Kier molecular flexibility index (Phi) is 8.24. The minimum atomic E-state index is -0.338. The molecule has 4 heteroatoms. The Balaban J connectivity index is 1.09. The predicted octanol–water partition coefficient (Wildman–Crippen LogP) is 15.3. The first-order valence-corrected chi connectivity index (χ1v) is 20.6. The molecular weight excluding hydrogens is 741 g/mol. The Labute approximate surface area is 355 Å². The molecule has 0 atom stereocenters. The molecule has 61 heavy (non-hydrogen) atoms. The van der Waals surface area contributed by atoms with Gasteiger partial charge in [-0.2, -0.15) is 10.5 Å². The van der Waals surface area contributed by atoms with Crippen LogP contribution in [0.5, 0.6) is 0 Å². The molecule has 4 nitrogen and oxygen atoms in total. The lowest BCUT2D eigenvalue weighted by Crippen LogP contribution is -2.17. The fourth-order valence-corrected chi connectivity index (χ4v) is 9.67. The second-order valence-electron chi connectivity index (χ2n) is 16.4. The second-order valence-corrected chi connectivity index (χ2v) is 16.4. The lowest BCUT2D eigenvalue weighted by molar-refractivity contribution is 0.667. The van der Waals surface area contributed by atoms with Gasteiger partial charge < -0.3 is 9.80 Å². The van der Waals surface area contributed by atoms with Crippen molar-refractivity contribution in [3.8, 4) is 23.3 Å². The summed E-state index contributed by atoms with van der Waals surface area (Å²) in [5.41, 5.74) is 12.3. The van der Waals surface area contributed by atoms with Gasteiger partial charge in [0.05, 0.1) is 29.0 Å². The summed E-state index contributed by atoms with van der Waals surface area (Å²) in [4.78, 5) is 4.63. The number of nitriles is 2. The van der Waals surface area contributed by atoms with Crippen molar-refractivity contribution in [3.63, 3.8) is 0 Å². The zero-order chi connectivity index (χ0) is 41.2. The van der Waals surface area contributed by atoms with Crippen LogP contribution in [0.15, 0.2) is 194 Å². The zero-order valence-corrected chi connectivity index (χ0v) is 33.8. The maximum atomic E-state index is 9.71. The molecule has 10 aromatic carbocycles. The Morgan fingerprint density at radius 3 is 1.44 bits per heavy atom. The molecule has 0 heterocycles. The van der Waals surface area contributed by atoms with E-state index >= 15 is 0 Å². The summed E-state index contributed by atoms with van der Waals surface area (Å²) in [7, 11) is 0. The Hall–Kier alpha value is -8.18. The summed E-state index contributed by atoms with van der Waals surface area (Å²) < 4.78 is 0. The van der Waals surface area contributed by atoms with E-state index in [2.05, 4.69) is 194 Å². The van der Waals surface area contributed by atoms with Crippen LogP contribution in [0.3, 0.4) is 0 Å². The Morgan fingerprint density at radius 2 is 0.852 bits per heavy atom. The highest BCUT2D eigenvalue weighted by Crippen LogP contribution is 2.56. The van der Waals surface area contributed by atoms with E-state index in [9.17, 15) is 10.5 Å². The summed E-state index contributed by atoms with van der Waals surface area (Å²) in [6, 6.07) is 73.2. The molecule has 0 saturated heterocycles. The van der Waals surface area contributed by atoms with Crippen LogP contribution < -0.4 is 9.80 Å². The van der Waals surface area contributed by atoms with Crippen LogP contribution in [-0.2, 0) is 5.41 Å². The van der Waals surface area contributed by atoms with E-state index < -0.39 is 0 Å². The van der Waals surface area contributed by atoms with Crippen LogP contribution in [0.4, 0.5) is 34.1 Å². The van der Waals surface area contributed by atoms with E-state index in [4.69, 9.17) is 0 Å². The molecule has 10 aromatic rings. The largest absolute Gasteiger partial charge is 0.310 e. The van der Waals surface area contributed by atoms with Crippen molar-refractivity contribution < 1.29 is 0 Å². The first-order chi connectivity index (χ1) is 29.9. The SMILES string of the molecule is CC1(C)c2cc(N(c3ccc(C#N)cc3)c3ccc4ccccc4c3)c3ccccc3c2-c2ccc3cc(N(c4ccc(C#N)cc4)c4ccc5ccccc5c4)ccc3c21. The Bertz CT molecular complexity index is 3480. The zero-order valence-electron chi connectivity index (χ0n) is 33.8. The third kappa shape index (κ3) is 5.81. The molecular formula is C57H38N4. The van der Waals surface area contributed by atoms with Gasteiger partial charge in [0, 0.05) is 39.2 Å². The lowest BCUT2D eigenvalue weighted by Gasteiger charge is -2.30. The number of fused-ring (bicyclic) bond motifs is 9. The monoisotopic (exact) mass is 778 g/mol. The standard InChI is InChI=1S/C57H38N4/c1-57(2)53-34-54(61(45-24-17-38(36-59)18-25-45)48-27-20-40-10-4-6-12-42(40)32-48)50-13-7-8-14-51(50)55(53)52-29-21-43-33-47(28-30-49(43)56(52)57)60(44-22-15-37(35-58)16-23-44)46-26-19-39-9-3-5-11-41(39)31-46/h3-34H,1-2H3. The van der Waals surface area contributed by atoms with Crippen molar-refractivity contribution in [1.82, 2.24) is 0 Å². The van der Waals surface area contributed by atoms with E-state index in [0.29, 0.717) is 11.1 Å². The molecule has 1 aliphatic carbocycles. The first kappa shape index (κ1) is 35.9. The van der Waals surface area contributed by atoms with E-state index in [0.717, 1.165) is 44.9 Å². The normalized spacial score (nSPS) is 12.5. The summed E-state index contributed by atoms with van der Waals surface area (Å²) in [6.45, 7) is 4.73. The molecule has 1 aliphatic rings. The number of benzene rings is 10. The molecule has 0 N–H and O–H groups in total. The molecule has 0 aromatic heterocycles. The van der Waals surface area contributed by atoms with Gasteiger partial charge in [-0.25, -0.2) is 0 Å². The van der Waals surface area contributed by atoms with E-state index in [1.165, 1.54) is 54.6 Å². The van der Waals surface area contributed by atoms with Gasteiger partial charge in [-0.15, -0.1) is 0 Å². The van der Waals surface area contributed by atoms with Crippen molar-refractivity contribution in [2.75, 3.05) is 9.80 Å². The number of anilines is 6.